The molecule has 1 aromatic heterocycles. The Balaban J connectivity index is 1.60. The van der Waals surface area contributed by atoms with Crippen LogP contribution in [0.25, 0.3) is 11.4 Å². The summed E-state index contributed by atoms with van der Waals surface area (Å²) in [6.45, 7) is 1.01. The number of ether oxygens (including phenoxy) is 1. The van der Waals surface area contributed by atoms with Crippen molar-refractivity contribution in [1.29, 1.82) is 5.53 Å². The Labute approximate surface area is 201 Å². The number of hydrogen-bond acceptors (Lipinski definition) is 5. The minimum Gasteiger partial charge on any atom is -0.495 e. The molecule has 4 rings (SSSR count). The molecule has 1 amide bonds. The molecular weight excluding hydrogens is 454 g/mol. The Kier molecular flexibility index (Phi) is 7.31. The Morgan fingerprint density at radius 2 is 2.17 bits per heavy atom. The SMILES string of the molecule is COc1cc(/C(=C/[NH2+]C2CCc3c(F)cccc3N(CCF)C2=O)N=N)ccc1-n1cnc(C)c1. The summed E-state index contributed by atoms with van der Waals surface area (Å²) in [5.74, 6) is -0.145. The summed E-state index contributed by atoms with van der Waals surface area (Å²) < 4.78 is 35.1. The fourth-order valence-corrected chi connectivity index (χ4v) is 4.29. The van der Waals surface area contributed by atoms with Gasteiger partial charge in [0, 0.05) is 23.7 Å². The van der Waals surface area contributed by atoms with Gasteiger partial charge in [-0.05, 0) is 37.6 Å². The largest absolute Gasteiger partial charge is 0.495 e. The van der Waals surface area contributed by atoms with Gasteiger partial charge in [0.25, 0.3) is 5.91 Å². The molecule has 182 valence electrons. The van der Waals surface area contributed by atoms with E-state index in [1.165, 1.54) is 17.0 Å². The monoisotopic (exact) mass is 481 g/mol. The van der Waals surface area contributed by atoms with E-state index < -0.39 is 18.5 Å². The number of fused-ring (bicyclic) bond motifs is 1. The van der Waals surface area contributed by atoms with Crippen molar-refractivity contribution >= 4 is 17.3 Å². The molecule has 1 unspecified atom stereocenters. The zero-order chi connectivity index (χ0) is 24.9. The quantitative estimate of drug-likeness (QED) is 0.482. The lowest BCUT2D eigenvalue weighted by Crippen LogP contribution is -2.88. The molecule has 8 nitrogen and oxygen atoms in total. The molecular formula is C25H27F2N6O2+. The Morgan fingerprint density at radius 3 is 2.86 bits per heavy atom. The predicted octanol–water partition coefficient (Wildman–Crippen LogP) is 3.54. The van der Waals surface area contributed by atoms with Crippen LogP contribution in [0.5, 0.6) is 5.75 Å². The van der Waals surface area contributed by atoms with Crippen molar-refractivity contribution in [3.63, 3.8) is 0 Å². The first-order valence-electron chi connectivity index (χ1n) is 11.2. The van der Waals surface area contributed by atoms with Gasteiger partial charge in [0.05, 0.1) is 37.1 Å². The van der Waals surface area contributed by atoms with Crippen LogP contribution in [0.2, 0.25) is 0 Å². The van der Waals surface area contributed by atoms with Crippen LogP contribution in [0.3, 0.4) is 0 Å². The van der Waals surface area contributed by atoms with Crippen molar-refractivity contribution in [1.82, 2.24) is 9.55 Å². The molecule has 0 saturated carbocycles. The van der Waals surface area contributed by atoms with Crippen LogP contribution in [-0.4, -0.2) is 41.8 Å². The van der Waals surface area contributed by atoms with Gasteiger partial charge in [0.2, 0.25) is 0 Å². The van der Waals surface area contributed by atoms with Gasteiger partial charge in [-0.25, -0.2) is 19.3 Å². The highest BCUT2D eigenvalue weighted by Gasteiger charge is 2.33. The first-order valence-corrected chi connectivity index (χ1v) is 11.2. The van der Waals surface area contributed by atoms with Crippen molar-refractivity contribution in [3.8, 4) is 11.4 Å². The van der Waals surface area contributed by atoms with Crippen LogP contribution in [0, 0.1) is 18.3 Å². The second-order valence-corrected chi connectivity index (χ2v) is 8.23. The minimum atomic E-state index is -0.736. The molecule has 2 heterocycles. The number of benzene rings is 2. The van der Waals surface area contributed by atoms with E-state index in [4.69, 9.17) is 10.3 Å². The molecule has 1 aliphatic rings. The first-order chi connectivity index (χ1) is 17.0. The van der Waals surface area contributed by atoms with Crippen molar-refractivity contribution in [3.05, 3.63) is 77.8 Å². The molecule has 3 N–H and O–H groups in total. The smallest absolute Gasteiger partial charge is 0.285 e. The number of aromatic nitrogens is 2. The van der Waals surface area contributed by atoms with Gasteiger partial charge in [-0.2, -0.15) is 5.11 Å². The number of anilines is 1. The van der Waals surface area contributed by atoms with Gasteiger partial charge in [-0.15, -0.1) is 0 Å². The maximum absolute atomic E-state index is 14.4. The summed E-state index contributed by atoms with van der Waals surface area (Å²) in [7, 11) is 1.56. The molecule has 35 heavy (non-hydrogen) atoms. The number of nitrogens with zero attached hydrogens (tertiary/aromatic N) is 4. The zero-order valence-electron chi connectivity index (χ0n) is 19.5. The average Bonchev–Trinajstić information content (AvgIpc) is 3.25. The normalized spacial score (nSPS) is 16.1. The molecule has 0 spiro atoms. The molecule has 0 radical (unpaired) electrons. The lowest BCUT2D eigenvalue weighted by molar-refractivity contribution is -0.612. The highest BCUT2D eigenvalue weighted by molar-refractivity contribution is 5.97. The standard InChI is InChI=1S/C25H26F2N6O2/c1-16-14-32(15-30-16)23-9-6-17(12-24(23)35-2)21(31-28)13-29-20-8-7-18-19(27)4-3-5-22(18)33(11-10-26)25(20)34/h3-6,9,12-15,20,28-29H,7-8,10-11H2,1-2H3/p+1/b21-13-,31-28?. The number of amides is 1. The van der Waals surface area contributed by atoms with Gasteiger partial charge in [0.15, 0.2) is 6.04 Å². The number of methoxy groups -OCH3 is 1. The zero-order valence-corrected chi connectivity index (χ0v) is 19.5. The van der Waals surface area contributed by atoms with E-state index in [1.54, 1.807) is 43.2 Å². The van der Waals surface area contributed by atoms with Crippen LogP contribution >= 0.6 is 0 Å². The lowest BCUT2D eigenvalue weighted by atomic mass is 10.1. The second kappa shape index (κ2) is 10.6. The number of hydrogen-bond donors (Lipinski definition) is 2. The number of rotatable bonds is 8. The van der Waals surface area contributed by atoms with Crippen LogP contribution < -0.4 is 15.0 Å². The summed E-state index contributed by atoms with van der Waals surface area (Å²) in [4.78, 5) is 18.8. The number of alkyl halides is 1. The van der Waals surface area contributed by atoms with E-state index in [0.29, 0.717) is 41.1 Å². The number of halogens is 2. The molecule has 10 heteroatoms. The Hall–Kier alpha value is -3.92. The maximum atomic E-state index is 14.4. The topological polar surface area (TPSA) is 100 Å². The van der Waals surface area contributed by atoms with E-state index in [0.717, 1.165) is 11.4 Å². The van der Waals surface area contributed by atoms with Crippen molar-refractivity contribution in [2.45, 2.75) is 25.8 Å². The van der Waals surface area contributed by atoms with Crippen LogP contribution in [0.15, 0.2) is 60.2 Å². The van der Waals surface area contributed by atoms with Gasteiger partial charge in [-0.1, -0.05) is 12.1 Å². The Morgan fingerprint density at radius 1 is 1.34 bits per heavy atom. The molecule has 1 atom stereocenters. The highest BCUT2D eigenvalue weighted by atomic mass is 19.1. The van der Waals surface area contributed by atoms with Crippen molar-refractivity contribution < 1.29 is 23.6 Å². The van der Waals surface area contributed by atoms with Gasteiger partial charge in [-0.3, -0.25) is 4.79 Å². The fraction of sp³-hybridized carbons (Fsp3) is 0.280. The number of nitrogens with two attached hydrogens (primary N) is 1. The molecule has 0 saturated heterocycles. The van der Waals surface area contributed by atoms with E-state index in [9.17, 15) is 13.6 Å². The summed E-state index contributed by atoms with van der Waals surface area (Å²) in [5.41, 5.74) is 11.1. The fourth-order valence-electron chi connectivity index (χ4n) is 4.29. The third kappa shape index (κ3) is 4.97. The van der Waals surface area contributed by atoms with Gasteiger partial charge < -0.3 is 19.5 Å². The number of imidazole rings is 1. The summed E-state index contributed by atoms with van der Waals surface area (Å²) in [5, 5.41) is 5.30. The highest BCUT2D eigenvalue weighted by Crippen LogP contribution is 2.30. The summed E-state index contributed by atoms with van der Waals surface area (Å²) in [6.07, 6.45) is 5.86. The van der Waals surface area contributed by atoms with Crippen LogP contribution in [-0.2, 0) is 11.2 Å². The molecule has 0 bridgehead atoms. The van der Waals surface area contributed by atoms with E-state index in [1.807, 2.05) is 23.8 Å². The third-order valence-corrected chi connectivity index (χ3v) is 6.05. The molecule has 0 fully saturated rings. The van der Waals surface area contributed by atoms with E-state index in [2.05, 4.69) is 10.1 Å². The van der Waals surface area contributed by atoms with E-state index >= 15 is 0 Å². The second-order valence-electron chi connectivity index (χ2n) is 8.23. The summed E-state index contributed by atoms with van der Waals surface area (Å²) >= 11 is 0. The third-order valence-electron chi connectivity index (χ3n) is 6.05. The number of quaternary nitrogens is 1. The van der Waals surface area contributed by atoms with Crippen LogP contribution in [0.1, 0.15) is 23.2 Å². The average molecular weight is 482 g/mol. The predicted molar refractivity (Wildman–Crippen MR) is 127 cm³/mol. The minimum absolute atomic E-state index is 0.147. The number of nitrogens with one attached hydrogen (secondary N) is 1. The molecule has 2 aromatic carbocycles. The van der Waals surface area contributed by atoms with E-state index in [-0.39, 0.29) is 12.5 Å². The maximum Gasteiger partial charge on any atom is 0.285 e. The number of carbonyl (C=O) groups excluding carboxylic acids is 1. The molecule has 0 aliphatic carbocycles. The van der Waals surface area contributed by atoms with Crippen molar-refractivity contribution in [2.24, 2.45) is 5.11 Å². The molecule has 1 aliphatic heterocycles. The molecule has 3 aromatic rings. The van der Waals surface area contributed by atoms with Gasteiger partial charge in [0.1, 0.15) is 30.1 Å². The lowest BCUT2D eigenvalue weighted by Gasteiger charge is -2.23. The van der Waals surface area contributed by atoms with Crippen LogP contribution in [0.4, 0.5) is 14.5 Å². The number of carbonyl (C=O) groups is 1. The first kappa shape index (κ1) is 24.2. The Bertz CT molecular complexity index is 1270. The number of aryl methyl sites for hydroxylation is 1. The summed E-state index contributed by atoms with van der Waals surface area (Å²) in [6, 6.07) is 9.31. The van der Waals surface area contributed by atoms with Crippen molar-refractivity contribution in [2.75, 3.05) is 25.2 Å². The van der Waals surface area contributed by atoms with Gasteiger partial charge >= 0.3 is 0 Å².